The number of esters is 1. The highest BCUT2D eigenvalue weighted by Crippen LogP contribution is 2.44. The predicted molar refractivity (Wildman–Crippen MR) is 53.5 cm³/mol. The molecule has 1 aliphatic carbocycles. The molecule has 0 spiro atoms. The lowest BCUT2D eigenvalue weighted by Gasteiger charge is -2.39. The first kappa shape index (κ1) is 12.8. The summed E-state index contributed by atoms with van der Waals surface area (Å²) in [7, 11) is 0. The molecule has 0 aromatic heterocycles. The molecule has 1 rings (SSSR count). The van der Waals surface area contributed by atoms with Crippen LogP contribution in [0.15, 0.2) is 0 Å². The molecule has 16 heavy (non-hydrogen) atoms. The normalized spacial score (nSPS) is 29.0. The molecule has 1 atom stereocenters. The molecule has 0 saturated heterocycles. The van der Waals surface area contributed by atoms with Gasteiger partial charge in [-0.25, -0.2) is 9.18 Å². The number of hydrogen-bond donors (Lipinski definition) is 0. The Morgan fingerprint density at radius 2 is 2.00 bits per heavy atom. The second kappa shape index (κ2) is 3.96. The molecule has 0 aromatic rings. The number of hydrogen-bond acceptors (Lipinski definition) is 4. The van der Waals surface area contributed by atoms with Crippen LogP contribution < -0.4 is 0 Å². The van der Waals surface area contributed by atoms with Crippen LogP contribution >= 0.6 is 0 Å². The molecular weight excluding hydrogens is 215 g/mol. The van der Waals surface area contributed by atoms with Gasteiger partial charge in [0.25, 0.3) is 5.67 Å². The zero-order valence-electron chi connectivity index (χ0n) is 9.63. The second-order valence-corrected chi connectivity index (χ2v) is 4.58. The quantitative estimate of drug-likeness (QED) is 0.528. The number of Topliss-reactive ketones (excluding diaryl/α,β-unsaturated/α-hetero) is 2. The summed E-state index contributed by atoms with van der Waals surface area (Å²) in [6.45, 7) is 4.31. The Labute approximate surface area is 93.1 Å². The minimum atomic E-state index is -2.70. The lowest BCUT2D eigenvalue weighted by Crippen LogP contribution is -2.58. The van der Waals surface area contributed by atoms with E-state index < -0.39 is 29.3 Å². The molecule has 4 nitrogen and oxygen atoms in total. The summed E-state index contributed by atoms with van der Waals surface area (Å²) >= 11 is 0. The first-order valence-electron chi connectivity index (χ1n) is 5.17. The molecule has 0 amide bonds. The van der Waals surface area contributed by atoms with Gasteiger partial charge in [-0.2, -0.15) is 0 Å². The first-order chi connectivity index (χ1) is 7.25. The van der Waals surface area contributed by atoms with Gasteiger partial charge in [0.1, 0.15) is 5.78 Å². The summed E-state index contributed by atoms with van der Waals surface area (Å²) in [6, 6.07) is 0. The van der Waals surface area contributed by atoms with Gasteiger partial charge in [-0.05, 0) is 6.92 Å². The van der Waals surface area contributed by atoms with Crippen LogP contribution in [0.1, 0.15) is 33.6 Å². The maximum atomic E-state index is 14.5. The first-order valence-corrected chi connectivity index (χ1v) is 5.17. The summed E-state index contributed by atoms with van der Waals surface area (Å²) in [5.41, 5.74) is -4.04. The van der Waals surface area contributed by atoms with E-state index in [1.807, 2.05) is 0 Å². The molecule has 1 saturated carbocycles. The number of halogens is 1. The minimum absolute atomic E-state index is 0.00180. The number of alkyl halides is 1. The summed E-state index contributed by atoms with van der Waals surface area (Å²) in [5.74, 6) is -2.52. The van der Waals surface area contributed by atoms with Gasteiger partial charge in [-0.3, -0.25) is 9.59 Å². The third-order valence-corrected chi connectivity index (χ3v) is 2.87. The molecule has 0 N–H and O–H groups in total. The van der Waals surface area contributed by atoms with Crippen molar-refractivity contribution < 1.29 is 23.5 Å². The summed E-state index contributed by atoms with van der Waals surface area (Å²) in [4.78, 5) is 34.3. The Kier molecular flexibility index (Phi) is 3.17. The standard InChI is InChI=1S/C11H15FO4/c1-4-16-9(15)11(12)8(14)5-7(13)6-10(11,2)3/h4-6H2,1-3H3. The van der Waals surface area contributed by atoms with E-state index in [9.17, 15) is 18.8 Å². The average Bonchev–Trinajstić information content (AvgIpc) is 2.13. The molecule has 5 heteroatoms. The van der Waals surface area contributed by atoms with Crippen molar-refractivity contribution in [2.75, 3.05) is 6.61 Å². The van der Waals surface area contributed by atoms with Crippen molar-refractivity contribution in [3.8, 4) is 0 Å². The molecule has 0 radical (unpaired) electrons. The van der Waals surface area contributed by atoms with Crippen LogP contribution in [0, 0.1) is 5.41 Å². The highest BCUT2D eigenvalue weighted by Gasteiger charge is 2.62. The topological polar surface area (TPSA) is 60.4 Å². The number of carbonyl (C=O) groups is 3. The maximum absolute atomic E-state index is 14.5. The van der Waals surface area contributed by atoms with E-state index in [0.29, 0.717) is 0 Å². The van der Waals surface area contributed by atoms with Crippen molar-refractivity contribution >= 4 is 17.5 Å². The van der Waals surface area contributed by atoms with E-state index in [2.05, 4.69) is 4.74 Å². The fourth-order valence-corrected chi connectivity index (χ4v) is 1.98. The lowest BCUT2D eigenvalue weighted by molar-refractivity contribution is -0.175. The van der Waals surface area contributed by atoms with Crippen molar-refractivity contribution in [1.29, 1.82) is 0 Å². The molecule has 0 aliphatic heterocycles. The van der Waals surface area contributed by atoms with E-state index in [0.717, 1.165) is 0 Å². The molecule has 0 bridgehead atoms. The van der Waals surface area contributed by atoms with Crippen LogP contribution in [0.2, 0.25) is 0 Å². The van der Waals surface area contributed by atoms with E-state index in [1.54, 1.807) is 0 Å². The third-order valence-electron chi connectivity index (χ3n) is 2.87. The van der Waals surface area contributed by atoms with Crippen LogP contribution in [0.3, 0.4) is 0 Å². The van der Waals surface area contributed by atoms with Gasteiger partial charge in [0.05, 0.1) is 13.0 Å². The smallest absolute Gasteiger partial charge is 0.352 e. The molecule has 0 heterocycles. The fourth-order valence-electron chi connectivity index (χ4n) is 1.98. The minimum Gasteiger partial charge on any atom is -0.463 e. The van der Waals surface area contributed by atoms with E-state index in [1.165, 1.54) is 20.8 Å². The number of ether oxygens (including phenoxy) is 1. The average molecular weight is 230 g/mol. The second-order valence-electron chi connectivity index (χ2n) is 4.58. The third kappa shape index (κ3) is 1.74. The molecule has 1 fully saturated rings. The van der Waals surface area contributed by atoms with Crippen molar-refractivity contribution in [3.63, 3.8) is 0 Å². The van der Waals surface area contributed by atoms with Crippen LogP contribution in [0.5, 0.6) is 0 Å². The van der Waals surface area contributed by atoms with Gasteiger partial charge in [0, 0.05) is 11.8 Å². The van der Waals surface area contributed by atoms with Gasteiger partial charge < -0.3 is 4.74 Å². The summed E-state index contributed by atoms with van der Waals surface area (Å²) in [6.07, 6.45) is -0.660. The van der Waals surface area contributed by atoms with E-state index in [4.69, 9.17) is 0 Å². The van der Waals surface area contributed by atoms with Gasteiger partial charge in [0.2, 0.25) is 0 Å². The zero-order valence-corrected chi connectivity index (χ0v) is 9.63. The van der Waals surface area contributed by atoms with Crippen LogP contribution in [0.4, 0.5) is 4.39 Å². The van der Waals surface area contributed by atoms with Crippen LogP contribution in [-0.4, -0.2) is 29.8 Å². The number of carbonyl (C=O) groups excluding carboxylic acids is 3. The monoisotopic (exact) mass is 230 g/mol. The highest BCUT2D eigenvalue weighted by atomic mass is 19.1. The lowest BCUT2D eigenvalue weighted by atomic mass is 9.65. The van der Waals surface area contributed by atoms with Crippen molar-refractivity contribution in [1.82, 2.24) is 0 Å². The molecular formula is C11H15FO4. The number of rotatable bonds is 2. The highest BCUT2D eigenvalue weighted by molar-refractivity contribution is 6.16. The molecule has 90 valence electrons. The Bertz CT molecular complexity index is 348. The van der Waals surface area contributed by atoms with Crippen LogP contribution in [0.25, 0.3) is 0 Å². The SMILES string of the molecule is CCOC(=O)C1(F)C(=O)CC(=O)CC1(C)C. The van der Waals surface area contributed by atoms with E-state index in [-0.39, 0.29) is 18.8 Å². The van der Waals surface area contributed by atoms with Gasteiger partial charge in [0.15, 0.2) is 5.78 Å². The van der Waals surface area contributed by atoms with Gasteiger partial charge in [-0.1, -0.05) is 13.8 Å². The maximum Gasteiger partial charge on any atom is 0.352 e. The van der Waals surface area contributed by atoms with E-state index >= 15 is 0 Å². The van der Waals surface area contributed by atoms with Crippen molar-refractivity contribution in [3.05, 3.63) is 0 Å². The Hall–Kier alpha value is -1.26. The molecule has 1 aliphatic rings. The molecule has 0 aromatic carbocycles. The predicted octanol–water partition coefficient (Wildman–Crippen LogP) is 1.22. The van der Waals surface area contributed by atoms with Gasteiger partial charge in [-0.15, -0.1) is 0 Å². The summed E-state index contributed by atoms with van der Waals surface area (Å²) in [5, 5.41) is 0. The zero-order chi connectivity index (χ0) is 12.6. The summed E-state index contributed by atoms with van der Waals surface area (Å²) < 4.78 is 19.1. The Morgan fingerprint density at radius 1 is 1.44 bits per heavy atom. The van der Waals surface area contributed by atoms with Crippen LogP contribution in [-0.2, 0) is 19.1 Å². The Balaban J connectivity index is 3.12. The van der Waals surface area contributed by atoms with Gasteiger partial charge >= 0.3 is 5.97 Å². The van der Waals surface area contributed by atoms with Crippen molar-refractivity contribution in [2.24, 2.45) is 5.41 Å². The fraction of sp³-hybridized carbons (Fsp3) is 0.727. The molecule has 1 unspecified atom stereocenters. The largest absolute Gasteiger partial charge is 0.463 e. The van der Waals surface area contributed by atoms with Crippen molar-refractivity contribution in [2.45, 2.75) is 39.3 Å². The Morgan fingerprint density at radius 3 is 2.44 bits per heavy atom. The number of ketones is 2.